The van der Waals surface area contributed by atoms with Gasteiger partial charge >= 0.3 is 0 Å². The van der Waals surface area contributed by atoms with Gasteiger partial charge < -0.3 is 5.32 Å². The normalized spacial score (nSPS) is 18.2. The molecule has 2 aromatic rings. The number of benzene rings is 1. The Bertz CT molecular complexity index is 606. The quantitative estimate of drug-likeness (QED) is 0.897. The first-order valence-corrected chi connectivity index (χ1v) is 8.37. The van der Waals surface area contributed by atoms with Crippen LogP contribution in [-0.2, 0) is 13.1 Å². The lowest BCUT2D eigenvalue weighted by Crippen LogP contribution is -2.31. The van der Waals surface area contributed by atoms with Gasteiger partial charge in [-0.25, -0.2) is 4.39 Å². The molecule has 6 heteroatoms. The molecule has 0 saturated carbocycles. The molecule has 1 aromatic carbocycles. The number of rotatable bonds is 5. The third-order valence-corrected chi connectivity index (χ3v) is 4.55. The van der Waals surface area contributed by atoms with Gasteiger partial charge in [0.2, 0.25) is 0 Å². The Morgan fingerprint density at radius 1 is 1.21 bits per heavy atom. The Morgan fingerprint density at radius 3 is 2.79 bits per heavy atom. The van der Waals surface area contributed by atoms with E-state index in [0.717, 1.165) is 25.2 Å². The van der Waals surface area contributed by atoms with Crippen molar-refractivity contribution in [2.24, 2.45) is 0 Å². The van der Waals surface area contributed by atoms with Gasteiger partial charge in [-0.2, -0.15) is 5.10 Å². The van der Waals surface area contributed by atoms with E-state index in [2.05, 4.69) is 28.6 Å². The number of halogens is 2. The average molecular weight is 353 g/mol. The Hall–Kier alpha value is -1.43. The number of nitrogens with zero attached hydrogens (tertiary/aromatic N) is 3. The molecule has 0 radical (unpaired) electrons. The Labute approximate surface area is 149 Å². The second kappa shape index (κ2) is 9.16. The van der Waals surface area contributed by atoms with Crippen molar-refractivity contribution in [1.29, 1.82) is 0 Å². The first-order chi connectivity index (χ1) is 11.2. The molecule has 132 valence electrons. The van der Waals surface area contributed by atoms with E-state index in [1.165, 1.54) is 37.0 Å². The van der Waals surface area contributed by atoms with E-state index >= 15 is 0 Å². The second-order valence-electron chi connectivity index (χ2n) is 6.42. The summed E-state index contributed by atoms with van der Waals surface area (Å²) in [5.74, 6) is -0.200. The van der Waals surface area contributed by atoms with Crippen molar-refractivity contribution in [3.05, 3.63) is 53.6 Å². The lowest BCUT2D eigenvalue weighted by atomic mass is 10.1. The van der Waals surface area contributed by atoms with Crippen LogP contribution < -0.4 is 5.32 Å². The SMILES string of the molecule is CN(Cc1cnn(Cc2ccc(F)cc2)c1)C1CCCNCC1.Cl. The molecule has 24 heavy (non-hydrogen) atoms. The van der Waals surface area contributed by atoms with Crippen LogP contribution in [0.3, 0.4) is 0 Å². The minimum atomic E-state index is -0.200. The summed E-state index contributed by atoms with van der Waals surface area (Å²) in [6, 6.07) is 7.25. The molecule has 0 aliphatic carbocycles. The van der Waals surface area contributed by atoms with E-state index < -0.39 is 0 Å². The van der Waals surface area contributed by atoms with Crippen molar-refractivity contribution in [1.82, 2.24) is 20.0 Å². The average Bonchev–Trinajstić information content (AvgIpc) is 2.81. The molecule has 1 unspecified atom stereocenters. The number of nitrogens with one attached hydrogen (secondary N) is 1. The van der Waals surface area contributed by atoms with Gasteiger partial charge in [0.1, 0.15) is 5.82 Å². The van der Waals surface area contributed by atoms with Crippen molar-refractivity contribution >= 4 is 12.4 Å². The molecular weight excluding hydrogens is 327 g/mol. The highest BCUT2D eigenvalue weighted by molar-refractivity contribution is 5.85. The third-order valence-electron chi connectivity index (χ3n) is 4.55. The van der Waals surface area contributed by atoms with Gasteiger partial charge in [-0.15, -0.1) is 12.4 Å². The highest BCUT2D eigenvalue weighted by Gasteiger charge is 2.17. The van der Waals surface area contributed by atoms with E-state index in [1.54, 1.807) is 12.1 Å². The van der Waals surface area contributed by atoms with Gasteiger partial charge in [0.15, 0.2) is 0 Å². The summed E-state index contributed by atoms with van der Waals surface area (Å²) in [7, 11) is 2.20. The highest BCUT2D eigenvalue weighted by Crippen LogP contribution is 2.15. The third kappa shape index (κ3) is 5.30. The fourth-order valence-electron chi connectivity index (χ4n) is 3.21. The molecule has 2 heterocycles. The summed E-state index contributed by atoms with van der Waals surface area (Å²) in [6.45, 7) is 3.85. The molecule has 4 nitrogen and oxygen atoms in total. The van der Waals surface area contributed by atoms with Crippen LogP contribution in [0.4, 0.5) is 4.39 Å². The second-order valence-corrected chi connectivity index (χ2v) is 6.42. The lowest BCUT2D eigenvalue weighted by Gasteiger charge is -2.26. The fraction of sp³-hybridized carbons (Fsp3) is 0.500. The topological polar surface area (TPSA) is 33.1 Å². The molecule has 1 fully saturated rings. The van der Waals surface area contributed by atoms with Gasteiger partial charge in [0.25, 0.3) is 0 Å². The van der Waals surface area contributed by atoms with Crippen LogP contribution in [0.2, 0.25) is 0 Å². The van der Waals surface area contributed by atoms with Gasteiger partial charge in [-0.3, -0.25) is 9.58 Å². The summed E-state index contributed by atoms with van der Waals surface area (Å²) >= 11 is 0. The molecule has 0 bridgehead atoms. The predicted molar refractivity (Wildman–Crippen MR) is 97.0 cm³/mol. The number of hydrogen-bond donors (Lipinski definition) is 1. The van der Waals surface area contributed by atoms with Gasteiger partial charge in [0.05, 0.1) is 12.7 Å². The van der Waals surface area contributed by atoms with Gasteiger partial charge in [-0.05, 0) is 57.1 Å². The van der Waals surface area contributed by atoms with Crippen LogP contribution in [0.25, 0.3) is 0 Å². The highest BCUT2D eigenvalue weighted by atomic mass is 35.5. The Kier molecular flexibility index (Phi) is 7.21. The zero-order valence-corrected chi connectivity index (χ0v) is 14.9. The van der Waals surface area contributed by atoms with E-state index in [9.17, 15) is 4.39 Å². The largest absolute Gasteiger partial charge is 0.317 e. The summed E-state index contributed by atoms with van der Waals surface area (Å²) in [6.07, 6.45) is 7.75. The molecule has 1 aromatic heterocycles. The monoisotopic (exact) mass is 352 g/mol. The molecule has 0 amide bonds. The van der Waals surface area contributed by atoms with Gasteiger partial charge in [0, 0.05) is 24.3 Å². The minimum absolute atomic E-state index is 0. The van der Waals surface area contributed by atoms with E-state index in [0.29, 0.717) is 12.6 Å². The van der Waals surface area contributed by atoms with Crippen molar-refractivity contribution in [2.45, 2.75) is 38.4 Å². The summed E-state index contributed by atoms with van der Waals surface area (Å²) in [4.78, 5) is 2.44. The standard InChI is InChI=1S/C18H25FN4.ClH/c1-22(18-3-2-9-20-10-8-18)12-16-11-21-23(14-16)13-15-4-6-17(19)7-5-15;/h4-7,11,14,18,20H,2-3,8-10,12-13H2,1H3;1H. The number of hydrogen-bond acceptors (Lipinski definition) is 3. The van der Waals surface area contributed by atoms with Gasteiger partial charge in [-0.1, -0.05) is 12.1 Å². The van der Waals surface area contributed by atoms with Crippen LogP contribution in [0, 0.1) is 5.82 Å². The zero-order valence-electron chi connectivity index (χ0n) is 14.1. The van der Waals surface area contributed by atoms with Crippen LogP contribution in [0.15, 0.2) is 36.7 Å². The van der Waals surface area contributed by atoms with Crippen molar-refractivity contribution in [2.75, 3.05) is 20.1 Å². The van der Waals surface area contributed by atoms with E-state index in [4.69, 9.17) is 0 Å². The first-order valence-electron chi connectivity index (χ1n) is 8.37. The molecule has 1 atom stereocenters. The van der Waals surface area contributed by atoms with E-state index in [1.807, 2.05) is 10.9 Å². The van der Waals surface area contributed by atoms with E-state index in [-0.39, 0.29) is 18.2 Å². The predicted octanol–water partition coefficient (Wildman–Crippen LogP) is 3.07. The maximum atomic E-state index is 12.9. The minimum Gasteiger partial charge on any atom is -0.317 e. The lowest BCUT2D eigenvalue weighted by molar-refractivity contribution is 0.216. The molecule has 0 spiro atoms. The molecular formula is C18H26ClFN4. The van der Waals surface area contributed by atoms with Crippen LogP contribution in [0.5, 0.6) is 0 Å². The molecule has 3 rings (SSSR count). The molecule has 1 N–H and O–H groups in total. The van der Waals surface area contributed by atoms with Crippen molar-refractivity contribution in [3.8, 4) is 0 Å². The zero-order chi connectivity index (χ0) is 16.1. The Balaban J connectivity index is 0.00000208. The fourth-order valence-corrected chi connectivity index (χ4v) is 3.21. The first kappa shape index (κ1) is 18.9. The van der Waals surface area contributed by atoms with Crippen LogP contribution in [0.1, 0.15) is 30.4 Å². The molecule has 1 aliphatic heterocycles. The summed E-state index contributed by atoms with van der Waals surface area (Å²) in [5.41, 5.74) is 2.29. The number of aromatic nitrogens is 2. The van der Waals surface area contributed by atoms with Crippen LogP contribution in [-0.4, -0.2) is 40.9 Å². The Morgan fingerprint density at radius 2 is 2.00 bits per heavy atom. The van der Waals surface area contributed by atoms with Crippen LogP contribution >= 0.6 is 12.4 Å². The van der Waals surface area contributed by atoms with Crippen molar-refractivity contribution < 1.29 is 4.39 Å². The smallest absolute Gasteiger partial charge is 0.123 e. The summed E-state index contributed by atoms with van der Waals surface area (Å²) in [5, 5.41) is 7.90. The maximum absolute atomic E-state index is 12.9. The maximum Gasteiger partial charge on any atom is 0.123 e. The molecule has 1 saturated heterocycles. The molecule has 1 aliphatic rings. The summed E-state index contributed by atoms with van der Waals surface area (Å²) < 4.78 is 14.9. The van der Waals surface area contributed by atoms with Crippen molar-refractivity contribution in [3.63, 3.8) is 0 Å².